The van der Waals surface area contributed by atoms with Crippen molar-refractivity contribution in [1.29, 1.82) is 0 Å². The molecule has 0 aromatic carbocycles. The third-order valence-electron chi connectivity index (χ3n) is 3.30. The van der Waals surface area contributed by atoms with Gasteiger partial charge >= 0.3 is 0 Å². The van der Waals surface area contributed by atoms with Crippen molar-refractivity contribution in [3.63, 3.8) is 0 Å². The molecule has 88 valence electrons. The van der Waals surface area contributed by atoms with Crippen LogP contribution >= 0.6 is 11.6 Å². The van der Waals surface area contributed by atoms with Crippen LogP contribution in [0.2, 0.25) is 0 Å². The van der Waals surface area contributed by atoms with Crippen molar-refractivity contribution in [3.05, 3.63) is 11.6 Å². The Bertz CT molecular complexity index is 194. The van der Waals surface area contributed by atoms with Crippen LogP contribution in [0.15, 0.2) is 11.6 Å². The zero-order valence-corrected chi connectivity index (χ0v) is 10.6. The van der Waals surface area contributed by atoms with Gasteiger partial charge in [-0.2, -0.15) is 0 Å². The van der Waals surface area contributed by atoms with Gasteiger partial charge in [-0.15, -0.1) is 0 Å². The molecule has 1 heterocycles. The van der Waals surface area contributed by atoms with Crippen LogP contribution in [0.4, 0.5) is 0 Å². The number of hydrogen-bond acceptors (Lipinski definition) is 2. The summed E-state index contributed by atoms with van der Waals surface area (Å²) in [5.41, 5.74) is 1.62. The van der Waals surface area contributed by atoms with Crippen LogP contribution in [-0.4, -0.2) is 37.1 Å². The lowest BCUT2D eigenvalue weighted by Gasteiger charge is -2.27. The molecular formula is C12H23ClN2. The van der Waals surface area contributed by atoms with E-state index >= 15 is 0 Å². The molecule has 0 amide bonds. The van der Waals surface area contributed by atoms with Crippen molar-refractivity contribution in [3.8, 4) is 0 Å². The second-order valence-corrected chi connectivity index (χ2v) is 4.67. The van der Waals surface area contributed by atoms with Crippen molar-refractivity contribution in [2.45, 2.75) is 32.7 Å². The second kappa shape index (κ2) is 7.26. The van der Waals surface area contributed by atoms with Gasteiger partial charge in [0.05, 0.1) is 0 Å². The number of hydrogen-bond donors (Lipinski definition) is 1. The molecule has 1 fully saturated rings. The fourth-order valence-corrected chi connectivity index (χ4v) is 2.12. The maximum atomic E-state index is 5.56. The molecule has 1 aliphatic heterocycles. The van der Waals surface area contributed by atoms with Gasteiger partial charge in [-0.25, -0.2) is 0 Å². The third-order valence-corrected chi connectivity index (χ3v) is 3.47. The van der Waals surface area contributed by atoms with Crippen LogP contribution in [0.5, 0.6) is 0 Å². The quantitative estimate of drug-likeness (QED) is 0.798. The monoisotopic (exact) mass is 230 g/mol. The Morgan fingerprint density at radius 2 is 2.40 bits per heavy atom. The first-order chi connectivity index (χ1) is 7.27. The van der Waals surface area contributed by atoms with Crippen molar-refractivity contribution in [1.82, 2.24) is 10.2 Å². The van der Waals surface area contributed by atoms with Gasteiger partial charge in [-0.05, 0) is 25.4 Å². The average Bonchev–Trinajstić information content (AvgIpc) is 2.50. The fraction of sp³-hybridized carbons (Fsp3) is 0.833. The minimum absolute atomic E-state index is 0.640. The van der Waals surface area contributed by atoms with Gasteiger partial charge in [0.2, 0.25) is 0 Å². The van der Waals surface area contributed by atoms with Crippen LogP contribution in [0.25, 0.3) is 0 Å². The Morgan fingerprint density at radius 3 is 3.07 bits per heavy atom. The van der Waals surface area contributed by atoms with E-state index in [4.69, 9.17) is 11.6 Å². The highest BCUT2D eigenvalue weighted by Gasteiger charge is 2.20. The summed E-state index contributed by atoms with van der Waals surface area (Å²) in [7, 11) is 0. The van der Waals surface area contributed by atoms with E-state index in [0.717, 1.165) is 25.6 Å². The molecule has 2 unspecified atom stereocenters. The molecular weight excluding hydrogens is 208 g/mol. The van der Waals surface area contributed by atoms with Crippen molar-refractivity contribution in [2.24, 2.45) is 5.92 Å². The van der Waals surface area contributed by atoms with Gasteiger partial charge in [-0.1, -0.05) is 37.9 Å². The number of nitrogens with one attached hydrogen (secondary N) is 1. The van der Waals surface area contributed by atoms with E-state index in [-0.39, 0.29) is 0 Å². The van der Waals surface area contributed by atoms with Gasteiger partial charge in [0.1, 0.15) is 0 Å². The maximum Gasteiger partial charge on any atom is 0.0220 e. The molecule has 0 aliphatic carbocycles. The molecule has 1 N–H and O–H groups in total. The van der Waals surface area contributed by atoms with Crippen molar-refractivity contribution in [2.75, 3.05) is 26.2 Å². The molecule has 1 rings (SSSR count). The summed E-state index contributed by atoms with van der Waals surface area (Å²) in [6.07, 6.45) is 4.51. The number of halogens is 1. The Kier molecular flexibility index (Phi) is 6.30. The maximum absolute atomic E-state index is 5.56. The minimum atomic E-state index is 0.640. The Morgan fingerprint density at radius 1 is 1.60 bits per heavy atom. The van der Waals surface area contributed by atoms with Gasteiger partial charge in [-0.3, -0.25) is 4.90 Å². The molecule has 3 heteroatoms. The van der Waals surface area contributed by atoms with Crippen LogP contribution in [0.1, 0.15) is 26.7 Å². The summed E-state index contributed by atoms with van der Waals surface area (Å²) in [5, 5.41) is 3.64. The summed E-state index contributed by atoms with van der Waals surface area (Å²) < 4.78 is 0. The topological polar surface area (TPSA) is 15.3 Å². The summed E-state index contributed by atoms with van der Waals surface area (Å²) in [6.45, 7) is 9.06. The van der Waals surface area contributed by atoms with Gasteiger partial charge in [0.15, 0.2) is 0 Å². The first-order valence-electron chi connectivity index (χ1n) is 5.98. The smallest absolute Gasteiger partial charge is 0.0220 e. The third kappa shape index (κ3) is 4.54. The number of rotatable bonds is 4. The lowest BCUT2D eigenvalue weighted by molar-refractivity contribution is 0.257. The average molecular weight is 231 g/mol. The highest BCUT2D eigenvalue weighted by molar-refractivity contribution is 6.25. The normalized spacial score (nSPS) is 26.7. The number of nitrogens with zero attached hydrogens (tertiary/aromatic N) is 1. The first-order valence-corrected chi connectivity index (χ1v) is 6.42. The molecule has 2 atom stereocenters. The van der Waals surface area contributed by atoms with E-state index in [0.29, 0.717) is 6.04 Å². The Balaban J connectivity index is 2.45. The summed E-state index contributed by atoms with van der Waals surface area (Å²) >= 11 is 5.56. The Hall–Kier alpha value is -0.0500. The van der Waals surface area contributed by atoms with Gasteiger partial charge < -0.3 is 5.32 Å². The van der Waals surface area contributed by atoms with Gasteiger partial charge in [0.25, 0.3) is 0 Å². The van der Waals surface area contributed by atoms with E-state index in [2.05, 4.69) is 24.1 Å². The van der Waals surface area contributed by atoms with Crippen LogP contribution < -0.4 is 5.32 Å². The van der Waals surface area contributed by atoms with E-state index in [1.54, 1.807) is 5.54 Å². The highest BCUT2D eigenvalue weighted by atomic mass is 35.5. The largest absolute Gasteiger partial charge is 0.312 e. The molecule has 1 aliphatic rings. The molecule has 1 saturated heterocycles. The molecule has 0 aromatic rings. The predicted molar refractivity (Wildman–Crippen MR) is 67.3 cm³/mol. The minimum Gasteiger partial charge on any atom is -0.312 e. The van der Waals surface area contributed by atoms with Crippen LogP contribution in [0.3, 0.4) is 0 Å². The van der Waals surface area contributed by atoms with Crippen molar-refractivity contribution < 1.29 is 0 Å². The Labute approximate surface area is 98.7 Å². The van der Waals surface area contributed by atoms with Crippen LogP contribution in [-0.2, 0) is 0 Å². The molecule has 2 nitrogen and oxygen atoms in total. The van der Waals surface area contributed by atoms with Gasteiger partial charge in [0, 0.05) is 24.7 Å². The molecule has 0 bridgehead atoms. The molecule has 0 spiro atoms. The van der Waals surface area contributed by atoms with Crippen molar-refractivity contribution >= 4 is 11.6 Å². The SMILES string of the molecule is CCC(C)C1CN(C/C=C/Cl)CCCN1. The standard InChI is InChI=1S/C12H23ClN2/c1-3-11(2)12-10-15(8-4-6-13)9-5-7-14-12/h4,6,11-12,14H,3,5,7-10H2,1-2H3/b6-4+. The zero-order chi connectivity index (χ0) is 11.1. The lowest BCUT2D eigenvalue weighted by atomic mass is 9.99. The fourth-order valence-electron chi connectivity index (χ4n) is 2.04. The summed E-state index contributed by atoms with van der Waals surface area (Å²) in [6, 6.07) is 0.640. The molecule has 0 saturated carbocycles. The van der Waals surface area contributed by atoms with E-state index in [9.17, 15) is 0 Å². The molecule has 15 heavy (non-hydrogen) atoms. The first kappa shape index (κ1) is 13.0. The zero-order valence-electron chi connectivity index (χ0n) is 9.88. The highest BCUT2D eigenvalue weighted by Crippen LogP contribution is 2.12. The molecule has 0 aromatic heterocycles. The summed E-state index contributed by atoms with van der Waals surface area (Å²) in [5.74, 6) is 0.755. The summed E-state index contributed by atoms with van der Waals surface area (Å²) in [4.78, 5) is 2.48. The van der Waals surface area contributed by atoms with E-state index in [1.165, 1.54) is 19.4 Å². The second-order valence-electron chi connectivity index (χ2n) is 4.42. The predicted octanol–water partition coefficient (Wildman–Crippen LogP) is 2.45. The lowest BCUT2D eigenvalue weighted by Crippen LogP contribution is -2.42. The van der Waals surface area contributed by atoms with E-state index in [1.807, 2.05) is 6.08 Å². The van der Waals surface area contributed by atoms with Crippen LogP contribution in [0, 0.1) is 5.92 Å². The van der Waals surface area contributed by atoms with E-state index < -0.39 is 0 Å². The molecule has 0 radical (unpaired) electrons.